The summed E-state index contributed by atoms with van der Waals surface area (Å²) in [6.07, 6.45) is 0. The Balaban J connectivity index is 2.49. The molecule has 1 nitrogen and oxygen atoms in total. The van der Waals surface area contributed by atoms with E-state index in [1.54, 1.807) is 19.2 Å². The van der Waals surface area contributed by atoms with Gasteiger partial charge in [0.2, 0.25) is 0 Å². The topological polar surface area (TPSA) is 9.23 Å². The van der Waals surface area contributed by atoms with E-state index in [0.29, 0.717) is 5.02 Å². The lowest BCUT2D eigenvalue weighted by atomic mass is 10.0. The van der Waals surface area contributed by atoms with Gasteiger partial charge in [0.15, 0.2) is 0 Å². The first-order chi connectivity index (χ1) is 9.02. The lowest BCUT2D eigenvalue weighted by Gasteiger charge is -2.16. The summed E-state index contributed by atoms with van der Waals surface area (Å²) in [7, 11) is 1.61. The summed E-state index contributed by atoms with van der Waals surface area (Å²) >= 11 is 11.8. The van der Waals surface area contributed by atoms with Crippen molar-refractivity contribution >= 4 is 50.1 Å². The van der Waals surface area contributed by atoms with Gasteiger partial charge in [-0.1, -0.05) is 33.6 Å². The second-order valence-electron chi connectivity index (χ2n) is 3.91. The van der Waals surface area contributed by atoms with Crippen molar-refractivity contribution < 1.29 is 9.13 Å². The summed E-state index contributed by atoms with van der Waals surface area (Å²) in [4.78, 5) is -0.103. The van der Waals surface area contributed by atoms with Gasteiger partial charge >= 0.3 is 0 Å². The monoisotopic (exact) mass is 454 g/mol. The molecule has 0 fully saturated rings. The molecule has 0 saturated heterocycles. The molecule has 0 aliphatic carbocycles. The predicted octanol–water partition coefficient (Wildman–Crippen LogP) is 5.58. The third kappa shape index (κ3) is 3.41. The van der Waals surface area contributed by atoms with Gasteiger partial charge in [0, 0.05) is 14.2 Å². The first kappa shape index (κ1) is 15.1. The van der Waals surface area contributed by atoms with Gasteiger partial charge in [-0.2, -0.15) is 0 Å². The van der Waals surface area contributed by atoms with Gasteiger partial charge in [-0.05, 0) is 58.5 Å². The zero-order valence-corrected chi connectivity index (χ0v) is 14.5. The average Bonchev–Trinajstić information content (AvgIpc) is 2.38. The Morgan fingerprint density at radius 2 is 1.95 bits per heavy atom. The Bertz CT molecular complexity index is 606. The molecular weight excluding hydrogens is 445 g/mol. The average molecular weight is 455 g/mol. The summed E-state index contributed by atoms with van der Waals surface area (Å²) in [6.45, 7) is 0. The molecule has 5 heteroatoms. The largest absolute Gasteiger partial charge is 0.496 e. The van der Waals surface area contributed by atoms with Gasteiger partial charge in [-0.15, -0.1) is 0 Å². The van der Waals surface area contributed by atoms with Crippen LogP contribution in [0.15, 0.2) is 36.4 Å². The van der Waals surface area contributed by atoms with Crippen LogP contribution in [0.25, 0.3) is 0 Å². The van der Waals surface area contributed by atoms with Gasteiger partial charge < -0.3 is 4.74 Å². The number of ether oxygens (including phenoxy) is 1. The van der Waals surface area contributed by atoms with Gasteiger partial charge in [0.05, 0.1) is 11.9 Å². The minimum atomic E-state index is -0.245. The van der Waals surface area contributed by atoms with E-state index in [2.05, 4.69) is 38.5 Å². The molecule has 0 saturated carbocycles. The molecule has 0 amide bonds. The molecule has 0 spiro atoms. The Morgan fingerprint density at radius 3 is 2.58 bits per heavy atom. The normalized spacial score (nSPS) is 12.3. The Hall–Kier alpha value is -0.330. The fourth-order valence-corrected chi connectivity index (χ4v) is 3.93. The number of methoxy groups -OCH3 is 1. The zero-order chi connectivity index (χ0) is 14.0. The Morgan fingerprint density at radius 1 is 1.21 bits per heavy atom. The summed E-state index contributed by atoms with van der Waals surface area (Å²) < 4.78 is 19.3. The van der Waals surface area contributed by atoms with Crippen molar-refractivity contribution in [3.05, 3.63) is 61.9 Å². The fourth-order valence-electron chi connectivity index (χ4n) is 1.78. The molecule has 2 rings (SSSR count). The third-order valence-corrected chi connectivity index (χ3v) is 4.86. The molecular formula is C14H10BrClFIO. The van der Waals surface area contributed by atoms with Crippen LogP contribution in [0.1, 0.15) is 16.0 Å². The Kier molecular flexibility index (Phi) is 5.09. The summed E-state index contributed by atoms with van der Waals surface area (Å²) in [5.74, 6) is 0.498. The van der Waals surface area contributed by atoms with Crippen molar-refractivity contribution in [3.8, 4) is 5.75 Å². The highest BCUT2D eigenvalue weighted by atomic mass is 127. The highest BCUT2D eigenvalue weighted by molar-refractivity contribution is 14.1. The van der Waals surface area contributed by atoms with E-state index >= 15 is 0 Å². The molecule has 2 aromatic rings. The standard InChI is InChI=1S/C14H10BrClFIO/c1-19-13-5-2-8(16)6-11(13)14(15)10-4-3-9(17)7-12(10)18/h2-7,14H,1H3. The molecule has 100 valence electrons. The minimum absolute atomic E-state index is 0.103. The third-order valence-electron chi connectivity index (χ3n) is 2.70. The van der Waals surface area contributed by atoms with Crippen LogP contribution in [0.4, 0.5) is 4.39 Å². The first-order valence-electron chi connectivity index (χ1n) is 5.45. The van der Waals surface area contributed by atoms with Crippen LogP contribution in [0.3, 0.4) is 0 Å². The van der Waals surface area contributed by atoms with Gasteiger partial charge in [0.1, 0.15) is 11.6 Å². The molecule has 0 aromatic heterocycles. The van der Waals surface area contributed by atoms with E-state index < -0.39 is 0 Å². The van der Waals surface area contributed by atoms with Crippen molar-refractivity contribution in [3.63, 3.8) is 0 Å². The number of hydrogen-bond donors (Lipinski definition) is 0. The van der Waals surface area contributed by atoms with Crippen LogP contribution in [-0.2, 0) is 0 Å². The summed E-state index contributed by atoms with van der Waals surface area (Å²) in [5.41, 5.74) is 1.89. The molecule has 0 N–H and O–H groups in total. The van der Waals surface area contributed by atoms with Crippen LogP contribution in [0.2, 0.25) is 5.02 Å². The number of halogens is 4. The lowest BCUT2D eigenvalue weighted by molar-refractivity contribution is 0.410. The maximum atomic E-state index is 13.2. The maximum Gasteiger partial charge on any atom is 0.124 e. The molecule has 0 radical (unpaired) electrons. The fraction of sp³-hybridized carbons (Fsp3) is 0.143. The molecule has 19 heavy (non-hydrogen) atoms. The molecule has 0 aliphatic heterocycles. The summed E-state index contributed by atoms with van der Waals surface area (Å²) in [6, 6.07) is 10.2. The van der Waals surface area contributed by atoms with Crippen molar-refractivity contribution in [2.45, 2.75) is 4.83 Å². The van der Waals surface area contributed by atoms with Crippen LogP contribution in [0, 0.1) is 9.39 Å². The zero-order valence-electron chi connectivity index (χ0n) is 9.96. The molecule has 0 aliphatic rings. The maximum absolute atomic E-state index is 13.2. The first-order valence-corrected chi connectivity index (χ1v) is 7.82. The van der Waals surface area contributed by atoms with E-state index in [4.69, 9.17) is 16.3 Å². The van der Waals surface area contributed by atoms with Crippen molar-refractivity contribution in [2.24, 2.45) is 0 Å². The van der Waals surface area contributed by atoms with Crippen molar-refractivity contribution in [1.82, 2.24) is 0 Å². The molecule has 0 heterocycles. The van der Waals surface area contributed by atoms with Gasteiger partial charge in [-0.3, -0.25) is 0 Å². The van der Waals surface area contributed by atoms with Crippen LogP contribution in [-0.4, -0.2) is 7.11 Å². The Labute approximate surface area is 138 Å². The SMILES string of the molecule is COc1ccc(Cl)cc1C(Br)c1ccc(F)cc1I. The predicted molar refractivity (Wildman–Crippen MR) is 87.9 cm³/mol. The highest BCUT2D eigenvalue weighted by Crippen LogP contribution is 2.39. The second-order valence-corrected chi connectivity index (χ2v) is 6.43. The van der Waals surface area contributed by atoms with Gasteiger partial charge in [-0.25, -0.2) is 4.39 Å². The van der Waals surface area contributed by atoms with E-state index in [1.807, 2.05) is 12.1 Å². The molecule has 0 bridgehead atoms. The van der Waals surface area contributed by atoms with Crippen LogP contribution in [0.5, 0.6) is 5.75 Å². The molecule has 1 unspecified atom stereocenters. The number of rotatable bonds is 3. The van der Waals surface area contributed by atoms with E-state index in [0.717, 1.165) is 20.4 Å². The van der Waals surface area contributed by atoms with Crippen molar-refractivity contribution in [1.29, 1.82) is 0 Å². The number of hydrogen-bond acceptors (Lipinski definition) is 1. The van der Waals surface area contributed by atoms with Crippen LogP contribution >= 0.6 is 50.1 Å². The quantitative estimate of drug-likeness (QED) is 0.434. The van der Waals surface area contributed by atoms with E-state index in [9.17, 15) is 4.39 Å². The van der Waals surface area contributed by atoms with Crippen molar-refractivity contribution in [2.75, 3.05) is 7.11 Å². The van der Waals surface area contributed by atoms with Gasteiger partial charge in [0.25, 0.3) is 0 Å². The molecule has 1 atom stereocenters. The molecule has 2 aromatic carbocycles. The second kappa shape index (κ2) is 6.41. The van der Waals surface area contributed by atoms with Crippen LogP contribution < -0.4 is 4.74 Å². The summed E-state index contributed by atoms with van der Waals surface area (Å²) in [5, 5.41) is 0.636. The highest BCUT2D eigenvalue weighted by Gasteiger charge is 2.18. The number of alkyl halides is 1. The van der Waals surface area contributed by atoms with E-state index in [-0.39, 0.29) is 10.6 Å². The lowest BCUT2D eigenvalue weighted by Crippen LogP contribution is -1.99. The van der Waals surface area contributed by atoms with E-state index in [1.165, 1.54) is 12.1 Å². The number of benzene rings is 2. The minimum Gasteiger partial charge on any atom is -0.496 e. The smallest absolute Gasteiger partial charge is 0.124 e.